The molecule has 0 spiro atoms. The van der Waals surface area contributed by atoms with Crippen molar-refractivity contribution in [1.82, 2.24) is 14.8 Å². The van der Waals surface area contributed by atoms with Gasteiger partial charge in [0.05, 0.1) is 0 Å². The Hall–Kier alpha value is -3.72. The molecule has 6 nitrogen and oxygen atoms in total. The number of oxazole rings is 1. The lowest BCUT2D eigenvalue weighted by molar-refractivity contribution is 0.0534. The predicted molar refractivity (Wildman–Crippen MR) is 128 cm³/mol. The van der Waals surface area contributed by atoms with Gasteiger partial charge in [0.25, 0.3) is 17.0 Å². The van der Waals surface area contributed by atoms with E-state index in [2.05, 4.69) is 4.98 Å². The van der Waals surface area contributed by atoms with Crippen LogP contribution in [0.25, 0.3) is 11.1 Å². The van der Waals surface area contributed by atoms with E-state index >= 15 is 0 Å². The fraction of sp³-hybridized carbons (Fsp3) is 0.192. The first-order valence-electron chi connectivity index (χ1n) is 11.1. The topological polar surface area (TPSA) is 66.7 Å². The number of carbonyl (C=O) groups excluding carboxylic acids is 2. The molecule has 0 saturated carbocycles. The van der Waals surface area contributed by atoms with E-state index in [9.17, 15) is 18.4 Å². The molecule has 0 bridgehead atoms. The normalized spacial score (nSPS) is 13.9. The summed E-state index contributed by atoms with van der Waals surface area (Å²) >= 11 is 1.42. The van der Waals surface area contributed by atoms with Crippen molar-refractivity contribution >= 4 is 34.7 Å². The average Bonchev–Trinajstić information content (AvgIpc) is 3.31. The van der Waals surface area contributed by atoms with Crippen LogP contribution >= 0.6 is 11.8 Å². The van der Waals surface area contributed by atoms with Gasteiger partial charge in [0.1, 0.15) is 5.52 Å². The highest BCUT2D eigenvalue weighted by molar-refractivity contribution is 7.98. The maximum atomic E-state index is 13.5. The molecule has 0 radical (unpaired) electrons. The first-order valence-corrected chi connectivity index (χ1v) is 12.1. The van der Waals surface area contributed by atoms with Crippen LogP contribution in [0, 0.1) is 11.6 Å². The van der Waals surface area contributed by atoms with E-state index in [4.69, 9.17) is 4.42 Å². The van der Waals surface area contributed by atoms with Crippen molar-refractivity contribution < 1.29 is 22.8 Å². The fourth-order valence-electron chi connectivity index (χ4n) is 4.00. The summed E-state index contributed by atoms with van der Waals surface area (Å²) in [5.41, 5.74) is 3.05. The highest BCUT2D eigenvalue weighted by atomic mass is 32.2. The van der Waals surface area contributed by atoms with Crippen LogP contribution < -0.4 is 0 Å². The molecular formula is C26H21F2N3O3S. The quantitative estimate of drug-likeness (QED) is 0.366. The first kappa shape index (κ1) is 23.0. The zero-order valence-corrected chi connectivity index (χ0v) is 19.4. The highest BCUT2D eigenvalue weighted by Crippen LogP contribution is 2.28. The molecule has 2 amide bonds. The fourth-order valence-corrected chi connectivity index (χ4v) is 4.84. The van der Waals surface area contributed by atoms with Crippen molar-refractivity contribution in [3.63, 3.8) is 0 Å². The van der Waals surface area contributed by atoms with Gasteiger partial charge in [0.15, 0.2) is 17.2 Å². The van der Waals surface area contributed by atoms with E-state index < -0.39 is 11.6 Å². The molecule has 0 unspecified atom stereocenters. The maximum Gasteiger partial charge on any atom is 0.257 e. The molecule has 5 rings (SSSR count). The van der Waals surface area contributed by atoms with Crippen LogP contribution in [0.15, 0.2) is 76.4 Å². The number of carbonyl (C=O) groups is 2. The molecule has 1 fully saturated rings. The van der Waals surface area contributed by atoms with Crippen molar-refractivity contribution in [1.29, 1.82) is 0 Å². The van der Waals surface area contributed by atoms with Gasteiger partial charge in [-0.3, -0.25) is 9.59 Å². The van der Waals surface area contributed by atoms with Gasteiger partial charge in [-0.25, -0.2) is 13.8 Å². The molecule has 9 heteroatoms. The van der Waals surface area contributed by atoms with Crippen LogP contribution in [-0.4, -0.2) is 52.8 Å². The SMILES string of the molecule is O=C(c1ccc(F)c(F)c1)N1CCN(C(=O)c2ccccc2CSc2nc3ccccc3o2)CC1. The Kier molecular flexibility index (Phi) is 6.50. The van der Waals surface area contributed by atoms with Crippen molar-refractivity contribution in [2.24, 2.45) is 0 Å². The Morgan fingerprint density at radius 1 is 0.857 bits per heavy atom. The molecule has 0 aliphatic carbocycles. The third-order valence-corrected chi connectivity index (χ3v) is 6.77. The van der Waals surface area contributed by atoms with Gasteiger partial charge in [0, 0.05) is 43.1 Å². The van der Waals surface area contributed by atoms with Crippen molar-refractivity contribution in [3.05, 3.63) is 95.1 Å². The van der Waals surface area contributed by atoms with Crippen LogP contribution in [0.1, 0.15) is 26.3 Å². The molecule has 1 saturated heterocycles. The number of piperazine rings is 1. The lowest BCUT2D eigenvalue weighted by Crippen LogP contribution is -2.50. The number of nitrogens with zero attached hydrogens (tertiary/aromatic N) is 3. The number of fused-ring (bicyclic) bond motifs is 1. The van der Waals surface area contributed by atoms with Crippen LogP contribution in [0.2, 0.25) is 0 Å². The number of rotatable bonds is 5. The molecule has 1 aliphatic rings. The van der Waals surface area contributed by atoms with Crippen LogP contribution in [-0.2, 0) is 5.75 Å². The minimum Gasteiger partial charge on any atom is -0.431 e. The number of amides is 2. The largest absolute Gasteiger partial charge is 0.431 e. The smallest absolute Gasteiger partial charge is 0.257 e. The van der Waals surface area contributed by atoms with E-state index in [0.29, 0.717) is 42.7 Å². The lowest BCUT2D eigenvalue weighted by atomic mass is 10.1. The minimum absolute atomic E-state index is 0.0882. The predicted octanol–water partition coefficient (Wildman–Crippen LogP) is 5.00. The zero-order chi connectivity index (χ0) is 24.4. The molecule has 0 N–H and O–H groups in total. The van der Waals surface area contributed by atoms with Gasteiger partial charge in [-0.2, -0.15) is 0 Å². The summed E-state index contributed by atoms with van der Waals surface area (Å²) in [6, 6.07) is 18.1. The number of aromatic nitrogens is 1. The maximum absolute atomic E-state index is 13.5. The first-order chi connectivity index (χ1) is 17.0. The molecule has 4 aromatic rings. The second-order valence-corrected chi connectivity index (χ2v) is 9.03. The minimum atomic E-state index is -1.06. The second-order valence-electron chi connectivity index (χ2n) is 8.11. The Labute approximate surface area is 204 Å². The van der Waals surface area contributed by atoms with Gasteiger partial charge in [-0.05, 0) is 42.0 Å². The molecular weight excluding hydrogens is 472 g/mol. The summed E-state index contributed by atoms with van der Waals surface area (Å²) in [5.74, 6) is -2.03. The average molecular weight is 494 g/mol. The van der Waals surface area contributed by atoms with Crippen LogP contribution in [0.5, 0.6) is 0 Å². The van der Waals surface area contributed by atoms with Gasteiger partial charge < -0.3 is 14.2 Å². The molecule has 1 aromatic heterocycles. The Balaban J connectivity index is 1.23. The van der Waals surface area contributed by atoms with Crippen molar-refractivity contribution in [2.75, 3.05) is 26.2 Å². The summed E-state index contributed by atoms with van der Waals surface area (Å²) in [6.07, 6.45) is 0. The van der Waals surface area contributed by atoms with E-state index in [0.717, 1.165) is 28.8 Å². The summed E-state index contributed by atoms with van der Waals surface area (Å²) in [4.78, 5) is 33.7. The van der Waals surface area contributed by atoms with E-state index in [1.807, 2.05) is 42.5 Å². The number of thioether (sulfide) groups is 1. The van der Waals surface area contributed by atoms with E-state index in [1.165, 1.54) is 17.8 Å². The van der Waals surface area contributed by atoms with Crippen LogP contribution in [0.4, 0.5) is 8.78 Å². The monoisotopic (exact) mass is 493 g/mol. The number of benzene rings is 3. The van der Waals surface area contributed by atoms with Gasteiger partial charge in [-0.15, -0.1) is 0 Å². The third-order valence-electron chi connectivity index (χ3n) is 5.89. The van der Waals surface area contributed by atoms with Gasteiger partial charge in [0.2, 0.25) is 0 Å². The lowest BCUT2D eigenvalue weighted by Gasteiger charge is -2.35. The van der Waals surface area contributed by atoms with Crippen molar-refractivity contribution in [2.45, 2.75) is 11.0 Å². The summed E-state index contributed by atoms with van der Waals surface area (Å²) < 4.78 is 32.5. The summed E-state index contributed by atoms with van der Waals surface area (Å²) in [7, 11) is 0. The van der Waals surface area contributed by atoms with Gasteiger partial charge in [-0.1, -0.05) is 42.1 Å². The highest BCUT2D eigenvalue weighted by Gasteiger charge is 2.27. The molecule has 35 heavy (non-hydrogen) atoms. The van der Waals surface area contributed by atoms with E-state index in [1.54, 1.807) is 15.9 Å². The second kappa shape index (κ2) is 9.87. The third kappa shape index (κ3) is 4.90. The number of halogens is 2. The van der Waals surface area contributed by atoms with E-state index in [-0.39, 0.29) is 17.4 Å². The standard InChI is InChI=1S/C26H21F2N3O3S/c27-20-10-9-17(15-21(20)28)24(32)30-11-13-31(14-12-30)25(33)19-6-2-1-5-18(19)16-35-26-29-22-7-3-4-8-23(22)34-26/h1-10,15H,11-14,16H2. The molecule has 178 valence electrons. The van der Waals surface area contributed by atoms with Gasteiger partial charge >= 0.3 is 0 Å². The Bertz CT molecular complexity index is 1370. The van der Waals surface area contributed by atoms with Crippen LogP contribution in [0.3, 0.4) is 0 Å². The summed E-state index contributed by atoms with van der Waals surface area (Å²) in [5, 5.41) is 0.540. The molecule has 1 aliphatic heterocycles. The molecule has 3 aromatic carbocycles. The summed E-state index contributed by atoms with van der Waals surface area (Å²) in [6.45, 7) is 1.31. The number of hydrogen-bond acceptors (Lipinski definition) is 5. The number of para-hydroxylation sites is 2. The number of hydrogen-bond donors (Lipinski definition) is 0. The Morgan fingerprint density at radius 3 is 2.29 bits per heavy atom. The van der Waals surface area contributed by atoms with Crippen molar-refractivity contribution in [3.8, 4) is 0 Å². The molecule has 2 heterocycles. The molecule has 0 atom stereocenters. The Morgan fingerprint density at radius 2 is 1.54 bits per heavy atom. The zero-order valence-electron chi connectivity index (χ0n) is 18.6.